The summed E-state index contributed by atoms with van der Waals surface area (Å²) in [4.78, 5) is 27.1. The zero-order valence-corrected chi connectivity index (χ0v) is 20.4. The summed E-state index contributed by atoms with van der Waals surface area (Å²) in [6.45, 7) is 5.22. The first-order chi connectivity index (χ1) is 17.5. The second kappa shape index (κ2) is 10.2. The number of benzene rings is 1. The summed E-state index contributed by atoms with van der Waals surface area (Å²) in [5.74, 6) is 1.76. The van der Waals surface area contributed by atoms with Crippen molar-refractivity contribution in [3.8, 4) is 5.75 Å². The average molecular weight is 505 g/mol. The van der Waals surface area contributed by atoms with Crippen LogP contribution in [0.25, 0.3) is 11.0 Å². The minimum atomic E-state index is -0.0577. The minimum Gasteiger partial charge on any atom is -0.486 e. The topological polar surface area (TPSA) is 110 Å². The molecule has 1 saturated heterocycles. The van der Waals surface area contributed by atoms with E-state index >= 15 is 0 Å². The van der Waals surface area contributed by atoms with Gasteiger partial charge in [0.05, 0.1) is 16.2 Å². The molecule has 36 heavy (non-hydrogen) atoms. The number of fused-ring (bicyclic) bond motifs is 1. The number of rotatable bonds is 8. The molecule has 0 aliphatic carbocycles. The zero-order chi connectivity index (χ0) is 25.1. The fourth-order valence-corrected chi connectivity index (χ4v) is 4.29. The molecular formula is C25H25ClN8O2. The third kappa shape index (κ3) is 5.08. The van der Waals surface area contributed by atoms with Gasteiger partial charge in [0.25, 0.3) is 0 Å². The predicted octanol–water partition coefficient (Wildman–Crippen LogP) is 3.93. The molecule has 4 aromatic rings. The number of nitrogens with one attached hydrogen (secondary N) is 2. The van der Waals surface area contributed by atoms with Crippen LogP contribution in [0.1, 0.15) is 12.1 Å². The highest BCUT2D eigenvalue weighted by atomic mass is 35.5. The van der Waals surface area contributed by atoms with Crippen LogP contribution in [0.2, 0.25) is 5.02 Å². The molecule has 0 spiro atoms. The van der Waals surface area contributed by atoms with Crippen molar-refractivity contribution in [2.75, 3.05) is 23.7 Å². The number of nitrogens with zero attached hydrogens (tertiary/aromatic N) is 6. The summed E-state index contributed by atoms with van der Waals surface area (Å²) in [6.07, 6.45) is 5.39. The van der Waals surface area contributed by atoms with Crippen LogP contribution >= 0.6 is 11.6 Å². The Kier molecular flexibility index (Phi) is 6.68. The Morgan fingerprint density at radius 1 is 1.28 bits per heavy atom. The number of hydrogen-bond donors (Lipinski definition) is 2. The molecule has 3 aromatic heterocycles. The van der Waals surface area contributed by atoms with Gasteiger partial charge in [-0.3, -0.25) is 9.48 Å². The smallest absolute Gasteiger partial charge is 0.246 e. The molecule has 4 heterocycles. The standard InChI is InChI=1S/C25H25ClN8O2/c1-3-23(35)34-11-9-17(13-34)30-22-7-5-20-24(32-22)25(28-15-27-20)31-16-4-6-21(19(26)12-16)36-14-18-8-10-29-33(18)2/h3-8,10,12,15,17H,1,9,11,13-14H2,2H3,(H,30,32)(H,27,28,31)/t17-/m0/s1. The van der Waals surface area contributed by atoms with Crippen molar-refractivity contribution in [2.45, 2.75) is 19.1 Å². The number of aryl methyl sites for hydroxylation is 1. The van der Waals surface area contributed by atoms with Crippen LogP contribution < -0.4 is 15.4 Å². The molecule has 1 aliphatic rings. The van der Waals surface area contributed by atoms with E-state index in [1.807, 2.05) is 31.3 Å². The van der Waals surface area contributed by atoms with Crippen molar-refractivity contribution >= 4 is 45.9 Å². The number of pyridine rings is 1. The SMILES string of the molecule is C=CC(=O)N1CC[C@H](Nc2ccc3ncnc(Nc4ccc(OCc5ccnn5C)c(Cl)c4)c3n2)C1. The van der Waals surface area contributed by atoms with Crippen LogP contribution in [0.5, 0.6) is 5.75 Å². The molecule has 1 atom stereocenters. The molecule has 10 nitrogen and oxygen atoms in total. The van der Waals surface area contributed by atoms with Crippen molar-refractivity contribution in [3.63, 3.8) is 0 Å². The lowest BCUT2D eigenvalue weighted by Gasteiger charge is -2.16. The molecule has 0 bridgehead atoms. The van der Waals surface area contributed by atoms with Gasteiger partial charge in [0.15, 0.2) is 5.82 Å². The molecule has 184 valence electrons. The molecular weight excluding hydrogens is 480 g/mol. The van der Waals surface area contributed by atoms with Crippen LogP contribution in [0, 0.1) is 0 Å². The van der Waals surface area contributed by atoms with E-state index in [4.69, 9.17) is 21.3 Å². The first-order valence-electron chi connectivity index (χ1n) is 11.5. The molecule has 0 unspecified atom stereocenters. The van der Waals surface area contributed by atoms with E-state index < -0.39 is 0 Å². The summed E-state index contributed by atoms with van der Waals surface area (Å²) in [5.41, 5.74) is 3.00. The van der Waals surface area contributed by atoms with Gasteiger partial charge in [0.1, 0.15) is 30.0 Å². The number of aromatic nitrogens is 5. The summed E-state index contributed by atoms with van der Waals surface area (Å²) in [5, 5.41) is 11.3. The first-order valence-corrected chi connectivity index (χ1v) is 11.8. The highest BCUT2D eigenvalue weighted by molar-refractivity contribution is 6.32. The molecule has 5 rings (SSSR count). The lowest BCUT2D eigenvalue weighted by atomic mass is 10.2. The van der Waals surface area contributed by atoms with Crippen molar-refractivity contribution in [1.29, 1.82) is 0 Å². The Hall–Kier alpha value is -4.18. The molecule has 1 amide bonds. The van der Waals surface area contributed by atoms with Gasteiger partial charge in [-0.25, -0.2) is 15.0 Å². The largest absolute Gasteiger partial charge is 0.486 e. The van der Waals surface area contributed by atoms with Crippen LogP contribution in [0.4, 0.5) is 17.3 Å². The minimum absolute atomic E-state index is 0.0577. The molecule has 1 aliphatic heterocycles. The van der Waals surface area contributed by atoms with Crippen molar-refractivity contribution in [2.24, 2.45) is 7.05 Å². The van der Waals surface area contributed by atoms with Gasteiger partial charge < -0.3 is 20.3 Å². The molecule has 0 radical (unpaired) electrons. The van der Waals surface area contributed by atoms with Gasteiger partial charge in [-0.2, -0.15) is 5.10 Å². The van der Waals surface area contributed by atoms with Crippen LogP contribution in [0.15, 0.2) is 61.6 Å². The quantitative estimate of drug-likeness (QED) is 0.347. The Balaban J connectivity index is 1.30. The number of likely N-dealkylation sites (tertiary alicyclic amines) is 1. The van der Waals surface area contributed by atoms with E-state index in [9.17, 15) is 4.79 Å². The van der Waals surface area contributed by atoms with E-state index in [2.05, 4.69) is 32.3 Å². The second-order valence-electron chi connectivity index (χ2n) is 8.41. The molecule has 1 fully saturated rings. The maximum absolute atomic E-state index is 11.9. The number of halogens is 1. The first kappa shape index (κ1) is 23.6. The summed E-state index contributed by atoms with van der Waals surface area (Å²) >= 11 is 6.48. The Bertz CT molecular complexity index is 1420. The van der Waals surface area contributed by atoms with Gasteiger partial charge >= 0.3 is 0 Å². The highest BCUT2D eigenvalue weighted by Gasteiger charge is 2.25. The van der Waals surface area contributed by atoms with E-state index in [-0.39, 0.29) is 11.9 Å². The van der Waals surface area contributed by atoms with Crippen molar-refractivity contribution in [3.05, 3.63) is 72.3 Å². The number of ether oxygens (including phenoxy) is 1. The maximum Gasteiger partial charge on any atom is 0.246 e. The van der Waals surface area contributed by atoms with Gasteiger partial charge in [0.2, 0.25) is 5.91 Å². The normalized spacial score (nSPS) is 15.2. The molecule has 0 saturated carbocycles. The van der Waals surface area contributed by atoms with E-state index in [0.717, 1.165) is 17.8 Å². The third-order valence-electron chi connectivity index (χ3n) is 6.00. The molecule has 2 N–H and O–H groups in total. The van der Waals surface area contributed by atoms with Crippen LogP contribution in [-0.2, 0) is 18.4 Å². The monoisotopic (exact) mass is 504 g/mol. The second-order valence-corrected chi connectivity index (χ2v) is 8.82. The average Bonchev–Trinajstić information content (AvgIpc) is 3.52. The fourth-order valence-electron chi connectivity index (χ4n) is 4.06. The van der Waals surface area contributed by atoms with Gasteiger partial charge in [-0.05, 0) is 48.9 Å². The number of amides is 1. The van der Waals surface area contributed by atoms with E-state index in [1.54, 1.807) is 27.9 Å². The van der Waals surface area contributed by atoms with Crippen molar-refractivity contribution in [1.82, 2.24) is 29.6 Å². The predicted molar refractivity (Wildman–Crippen MR) is 138 cm³/mol. The van der Waals surface area contributed by atoms with Crippen LogP contribution in [-0.4, -0.2) is 54.7 Å². The maximum atomic E-state index is 11.9. The molecule has 1 aromatic carbocycles. The number of hydrogen-bond acceptors (Lipinski definition) is 8. The van der Waals surface area contributed by atoms with E-state index in [0.29, 0.717) is 53.1 Å². The molecule has 11 heteroatoms. The third-order valence-corrected chi connectivity index (χ3v) is 6.30. The Labute approximate surface area is 213 Å². The van der Waals surface area contributed by atoms with Crippen LogP contribution in [0.3, 0.4) is 0 Å². The lowest BCUT2D eigenvalue weighted by molar-refractivity contribution is -0.125. The zero-order valence-electron chi connectivity index (χ0n) is 19.7. The van der Waals surface area contributed by atoms with Gasteiger partial charge in [0, 0.05) is 38.1 Å². The Morgan fingerprint density at radius 3 is 2.94 bits per heavy atom. The fraction of sp³-hybridized carbons (Fsp3) is 0.240. The summed E-state index contributed by atoms with van der Waals surface area (Å²) in [7, 11) is 1.86. The van der Waals surface area contributed by atoms with Gasteiger partial charge in [-0.1, -0.05) is 18.2 Å². The summed E-state index contributed by atoms with van der Waals surface area (Å²) in [6, 6.07) is 11.2. The summed E-state index contributed by atoms with van der Waals surface area (Å²) < 4.78 is 7.60. The number of carbonyl (C=O) groups is 1. The lowest BCUT2D eigenvalue weighted by Crippen LogP contribution is -2.30. The van der Waals surface area contributed by atoms with Crippen molar-refractivity contribution < 1.29 is 9.53 Å². The highest BCUT2D eigenvalue weighted by Crippen LogP contribution is 2.31. The Morgan fingerprint density at radius 2 is 2.17 bits per heavy atom. The van der Waals surface area contributed by atoms with Gasteiger partial charge in [-0.15, -0.1) is 0 Å². The van der Waals surface area contributed by atoms with E-state index in [1.165, 1.54) is 12.4 Å². The number of anilines is 3. The number of carbonyl (C=O) groups excluding carboxylic acids is 1.